The number of hydrogen-bond donors (Lipinski definition) is 2. The highest BCUT2D eigenvalue weighted by Crippen LogP contribution is 2.33. The number of carbonyl (C=O) groups is 1. The summed E-state index contributed by atoms with van der Waals surface area (Å²) < 4.78 is 0. The molecule has 0 bridgehead atoms. The molecule has 0 saturated heterocycles. The first kappa shape index (κ1) is 15.3. The van der Waals surface area contributed by atoms with Crippen LogP contribution in [0.5, 0.6) is 0 Å². The molecule has 0 spiro atoms. The highest BCUT2D eigenvalue weighted by Gasteiger charge is 2.25. The van der Waals surface area contributed by atoms with E-state index in [1.165, 1.54) is 18.9 Å². The summed E-state index contributed by atoms with van der Waals surface area (Å²) in [6.45, 7) is 4.42. The molecule has 1 aromatic rings. The van der Waals surface area contributed by atoms with Gasteiger partial charge >= 0.3 is 0 Å². The number of rotatable bonds is 7. The molecule has 0 heterocycles. The molecule has 1 aliphatic carbocycles. The summed E-state index contributed by atoms with van der Waals surface area (Å²) in [6.07, 6.45) is 3.45. The molecule has 1 atom stereocenters. The molecule has 1 saturated carbocycles. The SMILES string of the molecule is CCNc1ccc(C(=O)NC(C)CC2CC2)cc1[N+](=O)[O-]. The molecule has 0 aliphatic heterocycles. The van der Waals surface area contributed by atoms with Crippen molar-refractivity contribution in [2.45, 2.75) is 39.2 Å². The van der Waals surface area contributed by atoms with Gasteiger partial charge in [-0.1, -0.05) is 12.8 Å². The van der Waals surface area contributed by atoms with E-state index in [2.05, 4.69) is 10.6 Å². The third-order valence-corrected chi connectivity index (χ3v) is 3.59. The Morgan fingerprint density at radius 2 is 2.19 bits per heavy atom. The van der Waals surface area contributed by atoms with Crippen LogP contribution in [-0.2, 0) is 0 Å². The summed E-state index contributed by atoms with van der Waals surface area (Å²) in [5, 5.41) is 16.9. The third-order valence-electron chi connectivity index (χ3n) is 3.59. The zero-order valence-corrected chi connectivity index (χ0v) is 12.4. The van der Waals surface area contributed by atoms with E-state index in [0.717, 1.165) is 12.3 Å². The molecular formula is C15H21N3O3. The molecule has 6 heteroatoms. The Kier molecular flexibility index (Phi) is 4.77. The van der Waals surface area contributed by atoms with Gasteiger partial charge in [0.15, 0.2) is 0 Å². The first-order chi connectivity index (χ1) is 10.0. The van der Waals surface area contributed by atoms with Gasteiger partial charge in [0.1, 0.15) is 5.69 Å². The molecule has 2 N–H and O–H groups in total. The Bertz CT molecular complexity index is 541. The number of amides is 1. The van der Waals surface area contributed by atoms with Crippen molar-refractivity contribution in [2.24, 2.45) is 5.92 Å². The maximum Gasteiger partial charge on any atom is 0.293 e. The second-order valence-electron chi connectivity index (χ2n) is 5.57. The van der Waals surface area contributed by atoms with Gasteiger partial charge in [0.2, 0.25) is 0 Å². The van der Waals surface area contributed by atoms with Gasteiger partial charge in [0.25, 0.3) is 11.6 Å². The van der Waals surface area contributed by atoms with E-state index in [1.54, 1.807) is 12.1 Å². The summed E-state index contributed by atoms with van der Waals surface area (Å²) in [6, 6.07) is 4.63. The van der Waals surface area contributed by atoms with Crippen molar-refractivity contribution in [2.75, 3.05) is 11.9 Å². The standard InChI is InChI=1S/C15H21N3O3/c1-3-16-13-7-6-12(9-14(13)18(20)21)15(19)17-10(2)8-11-4-5-11/h6-7,9-11,16H,3-5,8H2,1-2H3,(H,17,19). The minimum Gasteiger partial charge on any atom is -0.380 e. The van der Waals surface area contributed by atoms with Crippen molar-refractivity contribution < 1.29 is 9.72 Å². The highest BCUT2D eigenvalue weighted by atomic mass is 16.6. The Hall–Kier alpha value is -2.11. The van der Waals surface area contributed by atoms with Gasteiger partial charge in [-0.15, -0.1) is 0 Å². The van der Waals surface area contributed by atoms with Crippen LogP contribution in [0.15, 0.2) is 18.2 Å². The summed E-state index contributed by atoms with van der Waals surface area (Å²) in [4.78, 5) is 22.8. The Morgan fingerprint density at radius 1 is 1.48 bits per heavy atom. The number of nitro groups is 1. The van der Waals surface area contributed by atoms with Gasteiger partial charge in [-0.05, 0) is 38.3 Å². The smallest absolute Gasteiger partial charge is 0.293 e. The molecule has 1 unspecified atom stereocenters. The van der Waals surface area contributed by atoms with Crippen molar-refractivity contribution in [3.63, 3.8) is 0 Å². The molecular weight excluding hydrogens is 270 g/mol. The van der Waals surface area contributed by atoms with Gasteiger partial charge in [0, 0.05) is 24.2 Å². The van der Waals surface area contributed by atoms with Crippen LogP contribution in [0.2, 0.25) is 0 Å². The number of hydrogen-bond acceptors (Lipinski definition) is 4. The lowest BCUT2D eigenvalue weighted by Gasteiger charge is -2.13. The van der Waals surface area contributed by atoms with Crippen LogP contribution in [0.3, 0.4) is 0 Å². The molecule has 1 aromatic carbocycles. The average molecular weight is 291 g/mol. The second kappa shape index (κ2) is 6.56. The predicted molar refractivity (Wildman–Crippen MR) is 81.5 cm³/mol. The lowest BCUT2D eigenvalue weighted by molar-refractivity contribution is -0.384. The molecule has 114 valence electrons. The van der Waals surface area contributed by atoms with E-state index in [9.17, 15) is 14.9 Å². The van der Waals surface area contributed by atoms with Gasteiger partial charge in [-0.2, -0.15) is 0 Å². The maximum absolute atomic E-state index is 12.1. The summed E-state index contributed by atoms with van der Waals surface area (Å²) in [5.41, 5.74) is 0.690. The second-order valence-corrected chi connectivity index (χ2v) is 5.57. The van der Waals surface area contributed by atoms with E-state index < -0.39 is 4.92 Å². The number of benzene rings is 1. The van der Waals surface area contributed by atoms with E-state index in [-0.39, 0.29) is 17.6 Å². The lowest BCUT2D eigenvalue weighted by atomic mass is 10.1. The highest BCUT2D eigenvalue weighted by molar-refractivity contribution is 5.95. The quantitative estimate of drug-likeness (QED) is 0.597. The van der Waals surface area contributed by atoms with Crippen molar-refractivity contribution in [1.29, 1.82) is 0 Å². The zero-order chi connectivity index (χ0) is 15.4. The van der Waals surface area contributed by atoms with Gasteiger partial charge < -0.3 is 10.6 Å². The molecule has 0 radical (unpaired) electrons. The van der Waals surface area contributed by atoms with Crippen LogP contribution >= 0.6 is 0 Å². The maximum atomic E-state index is 12.1. The summed E-state index contributed by atoms with van der Waals surface area (Å²) >= 11 is 0. The van der Waals surface area contributed by atoms with Crippen LogP contribution in [-0.4, -0.2) is 23.4 Å². The van der Waals surface area contributed by atoms with E-state index in [1.807, 2.05) is 13.8 Å². The molecule has 1 fully saturated rings. The van der Waals surface area contributed by atoms with Crippen molar-refractivity contribution in [3.05, 3.63) is 33.9 Å². The van der Waals surface area contributed by atoms with E-state index in [0.29, 0.717) is 17.8 Å². The summed E-state index contributed by atoms with van der Waals surface area (Å²) in [5.74, 6) is 0.472. The zero-order valence-electron chi connectivity index (χ0n) is 12.4. The van der Waals surface area contributed by atoms with Crippen molar-refractivity contribution in [3.8, 4) is 0 Å². The van der Waals surface area contributed by atoms with Crippen LogP contribution in [0.25, 0.3) is 0 Å². The normalized spacial score (nSPS) is 15.3. The van der Waals surface area contributed by atoms with Crippen LogP contribution in [0.1, 0.15) is 43.5 Å². The lowest BCUT2D eigenvalue weighted by Crippen LogP contribution is -2.32. The number of nitro benzene ring substituents is 1. The van der Waals surface area contributed by atoms with Crippen LogP contribution < -0.4 is 10.6 Å². The molecule has 6 nitrogen and oxygen atoms in total. The van der Waals surface area contributed by atoms with Gasteiger partial charge in [-0.3, -0.25) is 14.9 Å². The number of carbonyl (C=O) groups excluding carboxylic acids is 1. The summed E-state index contributed by atoms with van der Waals surface area (Å²) in [7, 11) is 0. The fraction of sp³-hybridized carbons (Fsp3) is 0.533. The van der Waals surface area contributed by atoms with E-state index in [4.69, 9.17) is 0 Å². The topological polar surface area (TPSA) is 84.3 Å². The molecule has 1 aliphatic rings. The first-order valence-corrected chi connectivity index (χ1v) is 7.34. The predicted octanol–water partition coefficient (Wildman–Crippen LogP) is 2.95. The van der Waals surface area contributed by atoms with Crippen LogP contribution in [0, 0.1) is 16.0 Å². The fourth-order valence-corrected chi connectivity index (χ4v) is 2.38. The average Bonchev–Trinajstić information content (AvgIpc) is 3.22. The number of anilines is 1. The number of nitrogens with zero attached hydrogens (tertiary/aromatic N) is 1. The Morgan fingerprint density at radius 3 is 2.76 bits per heavy atom. The Labute approximate surface area is 124 Å². The molecule has 2 rings (SSSR count). The van der Waals surface area contributed by atoms with Crippen molar-refractivity contribution >= 4 is 17.3 Å². The fourth-order valence-electron chi connectivity index (χ4n) is 2.38. The minimum absolute atomic E-state index is 0.0701. The van der Waals surface area contributed by atoms with Gasteiger partial charge in [0.05, 0.1) is 4.92 Å². The Balaban J connectivity index is 2.09. The third kappa shape index (κ3) is 4.18. The minimum atomic E-state index is -0.470. The monoisotopic (exact) mass is 291 g/mol. The molecule has 21 heavy (non-hydrogen) atoms. The molecule has 0 aromatic heterocycles. The first-order valence-electron chi connectivity index (χ1n) is 7.34. The van der Waals surface area contributed by atoms with E-state index >= 15 is 0 Å². The van der Waals surface area contributed by atoms with Gasteiger partial charge in [-0.25, -0.2) is 0 Å². The largest absolute Gasteiger partial charge is 0.380 e. The van der Waals surface area contributed by atoms with Crippen LogP contribution in [0.4, 0.5) is 11.4 Å². The van der Waals surface area contributed by atoms with Crippen molar-refractivity contribution in [1.82, 2.24) is 5.32 Å². The molecule has 1 amide bonds. The number of nitrogens with one attached hydrogen (secondary N) is 2.